The van der Waals surface area contributed by atoms with Gasteiger partial charge >= 0.3 is 0 Å². The lowest BCUT2D eigenvalue weighted by molar-refractivity contribution is 0.186. The average Bonchev–Trinajstić information content (AvgIpc) is 3.02. The SMILES string of the molecule is COc1ccccc1N1CCN(Cn2c(O)cc(-c3cccc(Br)c3)c2O)CC1. The van der Waals surface area contributed by atoms with Gasteiger partial charge in [0.1, 0.15) is 5.75 Å². The van der Waals surface area contributed by atoms with Crippen LogP contribution in [-0.4, -0.2) is 53.0 Å². The lowest BCUT2D eigenvalue weighted by Crippen LogP contribution is -2.46. The number of aromatic hydroxyl groups is 2. The first kappa shape index (κ1) is 19.7. The van der Waals surface area contributed by atoms with Crippen LogP contribution in [0.4, 0.5) is 5.69 Å². The lowest BCUT2D eigenvalue weighted by atomic mass is 10.1. The Morgan fingerprint density at radius 2 is 1.72 bits per heavy atom. The molecule has 0 bridgehead atoms. The predicted octanol–water partition coefficient (Wildman–Crippen LogP) is 4.12. The van der Waals surface area contributed by atoms with Crippen LogP contribution in [0.25, 0.3) is 11.1 Å². The van der Waals surface area contributed by atoms with Crippen LogP contribution in [0, 0.1) is 0 Å². The Labute approximate surface area is 178 Å². The maximum absolute atomic E-state index is 10.7. The summed E-state index contributed by atoms with van der Waals surface area (Å²) in [4.78, 5) is 4.52. The van der Waals surface area contributed by atoms with E-state index in [9.17, 15) is 10.2 Å². The van der Waals surface area contributed by atoms with Crippen LogP contribution in [0.5, 0.6) is 17.5 Å². The number of hydrogen-bond acceptors (Lipinski definition) is 5. The van der Waals surface area contributed by atoms with Crippen LogP contribution in [0.15, 0.2) is 59.1 Å². The first-order chi connectivity index (χ1) is 14.1. The molecule has 1 fully saturated rings. The largest absolute Gasteiger partial charge is 0.495 e. The van der Waals surface area contributed by atoms with Crippen LogP contribution in [0.1, 0.15) is 0 Å². The zero-order valence-corrected chi connectivity index (χ0v) is 17.8. The number of benzene rings is 2. The topological polar surface area (TPSA) is 61.1 Å². The second-order valence-electron chi connectivity index (χ2n) is 7.10. The molecule has 152 valence electrons. The van der Waals surface area contributed by atoms with Crippen molar-refractivity contribution in [3.8, 4) is 28.6 Å². The molecule has 7 heteroatoms. The number of hydrogen-bond donors (Lipinski definition) is 2. The fraction of sp³-hybridized carbons (Fsp3) is 0.273. The molecule has 6 nitrogen and oxygen atoms in total. The summed E-state index contributed by atoms with van der Waals surface area (Å²) < 4.78 is 7.95. The summed E-state index contributed by atoms with van der Waals surface area (Å²) in [6.07, 6.45) is 0. The van der Waals surface area contributed by atoms with Gasteiger partial charge in [0.25, 0.3) is 0 Å². The molecule has 0 radical (unpaired) electrons. The van der Waals surface area contributed by atoms with Crippen LogP contribution >= 0.6 is 15.9 Å². The molecule has 1 aromatic heterocycles. The summed E-state index contributed by atoms with van der Waals surface area (Å²) in [5.41, 5.74) is 2.57. The minimum atomic E-state index is 0.0598. The van der Waals surface area contributed by atoms with Crippen molar-refractivity contribution in [3.63, 3.8) is 0 Å². The van der Waals surface area contributed by atoms with Crippen molar-refractivity contribution in [3.05, 3.63) is 59.1 Å². The van der Waals surface area contributed by atoms with E-state index in [0.29, 0.717) is 12.2 Å². The second kappa shape index (κ2) is 8.39. The Morgan fingerprint density at radius 1 is 0.966 bits per heavy atom. The Hall–Kier alpha value is -2.64. The smallest absolute Gasteiger partial charge is 0.203 e. The number of anilines is 1. The summed E-state index contributed by atoms with van der Waals surface area (Å²) >= 11 is 3.45. The molecule has 0 saturated carbocycles. The first-order valence-corrected chi connectivity index (χ1v) is 10.3. The number of nitrogens with zero attached hydrogens (tertiary/aromatic N) is 3. The van der Waals surface area contributed by atoms with Crippen molar-refractivity contribution in [2.45, 2.75) is 6.67 Å². The number of aromatic nitrogens is 1. The fourth-order valence-corrected chi connectivity index (χ4v) is 4.15. The molecule has 2 aromatic carbocycles. The van der Waals surface area contributed by atoms with Gasteiger partial charge in [0, 0.05) is 42.3 Å². The van der Waals surface area contributed by atoms with Crippen molar-refractivity contribution < 1.29 is 14.9 Å². The third kappa shape index (κ3) is 4.06. The van der Waals surface area contributed by atoms with E-state index in [1.54, 1.807) is 17.7 Å². The van der Waals surface area contributed by atoms with Gasteiger partial charge < -0.3 is 19.8 Å². The summed E-state index contributed by atoms with van der Waals surface area (Å²) in [5.74, 6) is 1.01. The summed E-state index contributed by atoms with van der Waals surface area (Å²) in [5, 5.41) is 21.1. The maximum Gasteiger partial charge on any atom is 0.203 e. The number of methoxy groups -OCH3 is 1. The Balaban J connectivity index is 1.46. The van der Waals surface area contributed by atoms with E-state index in [1.807, 2.05) is 42.5 Å². The number of rotatable bonds is 5. The summed E-state index contributed by atoms with van der Waals surface area (Å²) in [6.45, 7) is 3.78. The Morgan fingerprint density at radius 3 is 2.45 bits per heavy atom. The van der Waals surface area contributed by atoms with Gasteiger partial charge in [-0.25, -0.2) is 0 Å². The molecule has 3 aromatic rings. The first-order valence-electron chi connectivity index (χ1n) is 9.54. The van der Waals surface area contributed by atoms with Crippen molar-refractivity contribution in [2.24, 2.45) is 0 Å². The van der Waals surface area contributed by atoms with Crippen LogP contribution in [-0.2, 0) is 6.67 Å². The third-order valence-corrected chi connectivity index (χ3v) is 5.81. The fourth-order valence-electron chi connectivity index (χ4n) is 3.75. The Kier molecular flexibility index (Phi) is 5.69. The molecule has 1 aliphatic heterocycles. The molecule has 29 heavy (non-hydrogen) atoms. The predicted molar refractivity (Wildman–Crippen MR) is 118 cm³/mol. The number of halogens is 1. The number of ether oxygens (including phenoxy) is 1. The highest BCUT2D eigenvalue weighted by Crippen LogP contribution is 2.37. The number of piperazine rings is 1. The molecule has 0 unspecified atom stereocenters. The second-order valence-corrected chi connectivity index (χ2v) is 8.01. The number of para-hydroxylation sites is 2. The van der Waals surface area contributed by atoms with E-state index in [2.05, 4.69) is 31.8 Å². The van der Waals surface area contributed by atoms with E-state index < -0.39 is 0 Å². The van der Waals surface area contributed by atoms with E-state index >= 15 is 0 Å². The maximum atomic E-state index is 10.7. The van der Waals surface area contributed by atoms with Gasteiger partial charge in [0.2, 0.25) is 5.88 Å². The molecular weight excluding hydrogens is 434 g/mol. The van der Waals surface area contributed by atoms with E-state index in [0.717, 1.165) is 47.7 Å². The molecule has 2 N–H and O–H groups in total. The van der Waals surface area contributed by atoms with Gasteiger partial charge in [-0.3, -0.25) is 9.47 Å². The molecule has 1 saturated heterocycles. The van der Waals surface area contributed by atoms with Gasteiger partial charge in [-0.15, -0.1) is 0 Å². The van der Waals surface area contributed by atoms with Gasteiger partial charge in [-0.2, -0.15) is 0 Å². The molecule has 4 rings (SSSR count). The van der Waals surface area contributed by atoms with Crippen LogP contribution in [0.2, 0.25) is 0 Å². The monoisotopic (exact) mass is 457 g/mol. The molecular formula is C22H24BrN3O3. The van der Waals surface area contributed by atoms with E-state index in [1.165, 1.54) is 0 Å². The standard InChI is InChI=1S/C22H24BrN3O3/c1-29-20-8-3-2-7-19(20)25-11-9-24(10-12-25)15-26-21(27)14-18(22(26)28)16-5-4-6-17(23)13-16/h2-8,13-14,27-28H,9-12,15H2,1H3. The molecule has 0 atom stereocenters. The average molecular weight is 458 g/mol. The highest BCUT2D eigenvalue weighted by Gasteiger charge is 2.22. The van der Waals surface area contributed by atoms with Crippen molar-refractivity contribution in [1.82, 2.24) is 9.47 Å². The van der Waals surface area contributed by atoms with Gasteiger partial charge in [0.15, 0.2) is 5.88 Å². The normalized spacial score (nSPS) is 14.9. The quantitative estimate of drug-likeness (QED) is 0.603. The highest BCUT2D eigenvalue weighted by atomic mass is 79.9. The summed E-state index contributed by atoms with van der Waals surface area (Å²) in [7, 11) is 1.69. The van der Waals surface area contributed by atoms with Gasteiger partial charge in [-0.1, -0.05) is 40.2 Å². The van der Waals surface area contributed by atoms with Gasteiger partial charge in [-0.05, 0) is 29.8 Å². The Bertz CT molecular complexity index is 997. The minimum Gasteiger partial charge on any atom is -0.495 e. The van der Waals surface area contributed by atoms with Crippen molar-refractivity contribution >= 4 is 21.6 Å². The van der Waals surface area contributed by atoms with Gasteiger partial charge in [0.05, 0.1) is 19.5 Å². The lowest BCUT2D eigenvalue weighted by Gasteiger charge is -2.36. The molecule has 0 amide bonds. The van der Waals surface area contributed by atoms with E-state index in [-0.39, 0.29) is 11.8 Å². The molecule has 0 aliphatic carbocycles. The van der Waals surface area contributed by atoms with E-state index in [4.69, 9.17) is 4.74 Å². The van der Waals surface area contributed by atoms with Crippen molar-refractivity contribution in [2.75, 3.05) is 38.2 Å². The molecule has 0 spiro atoms. The zero-order chi connectivity index (χ0) is 20.4. The van der Waals surface area contributed by atoms with Crippen molar-refractivity contribution in [1.29, 1.82) is 0 Å². The summed E-state index contributed by atoms with van der Waals surface area (Å²) in [6, 6.07) is 17.3. The minimum absolute atomic E-state index is 0.0598. The highest BCUT2D eigenvalue weighted by molar-refractivity contribution is 9.10. The van der Waals surface area contributed by atoms with Crippen LogP contribution in [0.3, 0.4) is 0 Å². The van der Waals surface area contributed by atoms with Crippen LogP contribution < -0.4 is 9.64 Å². The molecule has 2 heterocycles. The zero-order valence-electron chi connectivity index (χ0n) is 16.3. The third-order valence-electron chi connectivity index (χ3n) is 5.32. The molecule has 1 aliphatic rings.